The summed E-state index contributed by atoms with van der Waals surface area (Å²) >= 11 is 0. The minimum Gasteiger partial charge on any atom is -0.346 e. The van der Waals surface area contributed by atoms with Gasteiger partial charge in [0.15, 0.2) is 0 Å². The maximum Gasteiger partial charge on any atom is 0.0880 e. The molecule has 0 N–H and O–H groups in total. The van der Waals surface area contributed by atoms with Crippen molar-refractivity contribution in [2.45, 2.75) is 19.4 Å². The molecule has 2 aromatic rings. The van der Waals surface area contributed by atoms with Crippen LogP contribution >= 0.6 is 0 Å². The first-order valence-corrected chi connectivity index (χ1v) is 4.61. The molecule has 67 valence electrons. The summed E-state index contributed by atoms with van der Waals surface area (Å²) in [7, 11) is 0. The molecule has 2 rings (SSSR count). The fourth-order valence-corrected chi connectivity index (χ4v) is 1.50. The van der Waals surface area contributed by atoms with Gasteiger partial charge in [-0.05, 0) is 24.6 Å². The number of fused-ring (bicyclic) bond motifs is 1. The molecule has 2 nitrogen and oxygen atoms in total. The number of aryl methyl sites for hydroxylation is 1. The lowest BCUT2D eigenvalue weighted by molar-refractivity contribution is 0.669. The molecule has 0 aliphatic carbocycles. The molecule has 0 unspecified atom stereocenters. The van der Waals surface area contributed by atoms with Crippen LogP contribution in [0.1, 0.15) is 12.8 Å². The van der Waals surface area contributed by atoms with Gasteiger partial charge in [0.2, 0.25) is 0 Å². The zero-order valence-corrected chi connectivity index (χ0v) is 7.61. The molecule has 2 heterocycles. The van der Waals surface area contributed by atoms with Gasteiger partial charge in [-0.25, -0.2) is 0 Å². The summed E-state index contributed by atoms with van der Waals surface area (Å²) in [6, 6.07) is 6.13. The lowest BCUT2D eigenvalue weighted by Gasteiger charge is -2.02. The van der Waals surface area contributed by atoms with Crippen LogP contribution < -0.4 is 0 Å². The highest BCUT2D eigenvalue weighted by Crippen LogP contribution is 2.12. The number of unbranched alkanes of at least 4 members (excludes halogenated alkanes) is 1. The van der Waals surface area contributed by atoms with Gasteiger partial charge in [-0.2, -0.15) is 0 Å². The largest absolute Gasteiger partial charge is 0.346 e. The van der Waals surface area contributed by atoms with E-state index in [2.05, 4.69) is 34.8 Å². The second-order valence-corrected chi connectivity index (χ2v) is 3.12. The highest BCUT2D eigenvalue weighted by molar-refractivity contribution is 5.75. The van der Waals surface area contributed by atoms with E-state index in [4.69, 9.17) is 0 Å². The summed E-state index contributed by atoms with van der Waals surface area (Å²) in [6.45, 7) is 4.88. The quantitative estimate of drug-likeness (QED) is 0.697. The first kappa shape index (κ1) is 8.30. The van der Waals surface area contributed by atoms with Gasteiger partial charge in [0.05, 0.1) is 11.0 Å². The topological polar surface area (TPSA) is 17.8 Å². The van der Waals surface area contributed by atoms with E-state index in [0.717, 1.165) is 24.9 Å². The molecule has 0 fully saturated rings. The number of rotatable bonds is 3. The van der Waals surface area contributed by atoms with Gasteiger partial charge in [0.25, 0.3) is 0 Å². The van der Waals surface area contributed by atoms with Crippen LogP contribution in [0, 0.1) is 6.92 Å². The lowest BCUT2D eigenvalue weighted by Crippen LogP contribution is -1.94. The minimum atomic E-state index is 0.986. The Hall–Kier alpha value is -1.31. The monoisotopic (exact) mass is 173 g/mol. The Kier molecular flexibility index (Phi) is 2.30. The van der Waals surface area contributed by atoms with Crippen LogP contribution in [0.3, 0.4) is 0 Å². The third-order valence-electron chi connectivity index (χ3n) is 2.19. The Morgan fingerprint density at radius 2 is 2.31 bits per heavy atom. The Morgan fingerprint density at radius 3 is 3.15 bits per heavy atom. The van der Waals surface area contributed by atoms with Crippen molar-refractivity contribution in [1.82, 2.24) is 9.55 Å². The van der Waals surface area contributed by atoms with Gasteiger partial charge >= 0.3 is 0 Å². The standard InChI is InChI=1S/C11H13N2/c1-2-3-8-13-9-6-10-11(13)5-4-7-12-10/h4-7,9H,1-3,8H2. The van der Waals surface area contributed by atoms with Crippen LogP contribution in [0.15, 0.2) is 30.6 Å². The molecule has 13 heavy (non-hydrogen) atoms. The fraction of sp³-hybridized carbons (Fsp3) is 0.273. The van der Waals surface area contributed by atoms with Crippen molar-refractivity contribution in [2.75, 3.05) is 0 Å². The van der Waals surface area contributed by atoms with E-state index in [1.165, 1.54) is 5.52 Å². The predicted molar refractivity (Wildman–Crippen MR) is 54.3 cm³/mol. The Bertz CT molecular complexity index is 390. The second-order valence-electron chi connectivity index (χ2n) is 3.12. The van der Waals surface area contributed by atoms with Gasteiger partial charge in [-0.1, -0.05) is 13.3 Å². The van der Waals surface area contributed by atoms with Crippen molar-refractivity contribution in [3.8, 4) is 0 Å². The Balaban J connectivity index is 2.35. The van der Waals surface area contributed by atoms with Crippen LogP contribution in [0.4, 0.5) is 0 Å². The van der Waals surface area contributed by atoms with Crippen molar-refractivity contribution >= 4 is 11.0 Å². The molecule has 0 saturated carbocycles. The van der Waals surface area contributed by atoms with Crippen molar-refractivity contribution in [3.05, 3.63) is 37.5 Å². The molecule has 2 aromatic heterocycles. The molecule has 0 aromatic carbocycles. The first-order chi connectivity index (χ1) is 6.42. The number of aromatic nitrogens is 2. The van der Waals surface area contributed by atoms with Crippen LogP contribution in [0.25, 0.3) is 11.0 Å². The minimum absolute atomic E-state index is 0.986. The van der Waals surface area contributed by atoms with Crippen molar-refractivity contribution < 1.29 is 0 Å². The molecular formula is C11H13N2. The second kappa shape index (κ2) is 3.60. The molecular weight excluding hydrogens is 160 g/mol. The molecule has 0 amide bonds. The van der Waals surface area contributed by atoms with E-state index in [1.807, 2.05) is 12.3 Å². The predicted octanol–water partition coefficient (Wildman–Crippen LogP) is 2.65. The van der Waals surface area contributed by atoms with E-state index in [9.17, 15) is 0 Å². The summed E-state index contributed by atoms with van der Waals surface area (Å²) in [5.74, 6) is 0. The lowest BCUT2D eigenvalue weighted by atomic mass is 10.3. The molecule has 0 spiro atoms. The summed E-state index contributed by atoms with van der Waals surface area (Å²) in [6.07, 6.45) is 6.03. The number of pyridine rings is 1. The van der Waals surface area contributed by atoms with Crippen molar-refractivity contribution in [2.24, 2.45) is 0 Å². The third kappa shape index (κ3) is 1.57. The summed E-state index contributed by atoms with van der Waals surface area (Å²) in [5.41, 5.74) is 2.29. The molecule has 2 heteroatoms. The van der Waals surface area contributed by atoms with Gasteiger partial charge in [-0.3, -0.25) is 4.98 Å². The van der Waals surface area contributed by atoms with Crippen molar-refractivity contribution in [3.63, 3.8) is 0 Å². The normalized spacial score (nSPS) is 10.8. The van der Waals surface area contributed by atoms with E-state index in [1.54, 1.807) is 0 Å². The smallest absolute Gasteiger partial charge is 0.0880 e. The zero-order valence-electron chi connectivity index (χ0n) is 7.61. The van der Waals surface area contributed by atoms with Gasteiger partial charge in [-0.15, -0.1) is 0 Å². The molecule has 0 bridgehead atoms. The van der Waals surface area contributed by atoms with Gasteiger partial charge in [0.1, 0.15) is 0 Å². The summed E-state index contributed by atoms with van der Waals surface area (Å²) < 4.78 is 2.23. The fourth-order valence-electron chi connectivity index (χ4n) is 1.50. The highest BCUT2D eigenvalue weighted by atomic mass is 15.0. The molecule has 0 atom stereocenters. The molecule has 0 aliphatic rings. The van der Waals surface area contributed by atoms with Crippen LogP contribution in [-0.2, 0) is 6.54 Å². The zero-order chi connectivity index (χ0) is 9.10. The number of hydrogen-bond acceptors (Lipinski definition) is 1. The van der Waals surface area contributed by atoms with Crippen LogP contribution in [0.2, 0.25) is 0 Å². The van der Waals surface area contributed by atoms with E-state index in [0.29, 0.717) is 0 Å². The maximum absolute atomic E-state index is 4.27. The van der Waals surface area contributed by atoms with E-state index < -0.39 is 0 Å². The van der Waals surface area contributed by atoms with Gasteiger partial charge in [0, 0.05) is 18.9 Å². The van der Waals surface area contributed by atoms with E-state index in [-0.39, 0.29) is 0 Å². The highest BCUT2D eigenvalue weighted by Gasteiger charge is 1.98. The SMILES string of the molecule is [CH2]CCCn1ccc2ncccc21. The summed E-state index contributed by atoms with van der Waals surface area (Å²) in [4.78, 5) is 4.27. The average molecular weight is 173 g/mol. The van der Waals surface area contributed by atoms with Crippen LogP contribution in [-0.4, -0.2) is 9.55 Å². The average Bonchev–Trinajstić information content (AvgIpc) is 2.58. The third-order valence-corrected chi connectivity index (χ3v) is 2.19. The number of nitrogens with zero attached hydrogens (tertiary/aromatic N) is 2. The van der Waals surface area contributed by atoms with Crippen molar-refractivity contribution in [1.29, 1.82) is 0 Å². The first-order valence-electron chi connectivity index (χ1n) is 4.61. The Morgan fingerprint density at radius 1 is 1.38 bits per heavy atom. The number of hydrogen-bond donors (Lipinski definition) is 0. The van der Waals surface area contributed by atoms with Gasteiger partial charge < -0.3 is 4.57 Å². The Labute approximate surface area is 78.2 Å². The van der Waals surface area contributed by atoms with Crippen LogP contribution in [0.5, 0.6) is 0 Å². The molecule has 0 saturated heterocycles. The maximum atomic E-state index is 4.27. The molecule has 0 aliphatic heterocycles. The summed E-state index contributed by atoms with van der Waals surface area (Å²) in [5, 5.41) is 0. The van der Waals surface area contributed by atoms with E-state index >= 15 is 0 Å². The molecule has 1 radical (unpaired) electrons.